The van der Waals surface area contributed by atoms with Gasteiger partial charge < -0.3 is 0 Å². The van der Waals surface area contributed by atoms with Gasteiger partial charge in [0.25, 0.3) is 0 Å². The maximum atomic E-state index is 15.5. The Morgan fingerprint density at radius 3 is 1.90 bits per heavy atom. The molecule has 0 spiro atoms. The molecule has 4 heteroatoms. The highest BCUT2D eigenvalue weighted by Gasteiger charge is 2.49. The third-order valence-electron chi connectivity index (χ3n) is 7.19. The van der Waals surface area contributed by atoms with Crippen molar-refractivity contribution in [2.24, 2.45) is 5.92 Å². The first-order valence-corrected chi connectivity index (χ1v) is 13.9. The Labute approximate surface area is 180 Å². The van der Waals surface area contributed by atoms with Crippen molar-refractivity contribution in [3.63, 3.8) is 0 Å². The van der Waals surface area contributed by atoms with Crippen LogP contribution < -0.4 is 5.32 Å². The topological polar surface area (TPSA) is 12.0 Å². The SMILES string of the molecule is CC[Si](C#CC(F)(F)C(NC1c2ccccc2-c2ccccc21)C1CC1)(CC)CC. The molecular weight excluding hydrogens is 392 g/mol. The second kappa shape index (κ2) is 8.28. The molecule has 2 aliphatic carbocycles. The van der Waals surface area contributed by atoms with Gasteiger partial charge in [0.2, 0.25) is 0 Å². The summed E-state index contributed by atoms with van der Waals surface area (Å²) >= 11 is 0. The van der Waals surface area contributed by atoms with Gasteiger partial charge in [-0.25, -0.2) is 0 Å². The molecule has 0 aromatic heterocycles. The number of benzene rings is 2. The van der Waals surface area contributed by atoms with Gasteiger partial charge in [-0.1, -0.05) is 69.3 Å². The number of nitrogens with one attached hydrogen (secondary N) is 1. The van der Waals surface area contributed by atoms with Gasteiger partial charge in [0, 0.05) is 0 Å². The normalized spacial score (nSPS) is 17.1. The molecule has 1 N–H and O–H groups in total. The summed E-state index contributed by atoms with van der Waals surface area (Å²) in [6.07, 6.45) is 1.70. The Balaban J connectivity index is 1.67. The average Bonchev–Trinajstić information content (AvgIpc) is 3.56. The van der Waals surface area contributed by atoms with E-state index in [-0.39, 0.29) is 12.0 Å². The second-order valence-electron chi connectivity index (χ2n) is 8.80. The van der Waals surface area contributed by atoms with Gasteiger partial charge >= 0.3 is 5.92 Å². The van der Waals surface area contributed by atoms with Crippen molar-refractivity contribution < 1.29 is 8.78 Å². The molecule has 1 nitrogen and oxygen atoms in total. The first kappa shape index (κ1) is 21.3. The summed E-state index contributed by atoms with van der Waals surface area (Å²) in [5.74, 6) is -0.515. The Hall–Kier alpha value is -1.96. The van der Waals surface area contributed by atoms with Crippen LogP contribution in [0.4, 0.5) is 8.78 Å². The fraction of sp³-hybridized carbons (Fsp3) is 0.462. The minimum atomic E-state index is -3.02. The molecule has 0 radical (unpaired) electrons. The van der Waals surface area contributed by atoms with Crippen LogP contribution in [0.25, 0.3) is 11.1 Å². The van der Waals surface area contributed by atoms with Crippen LogP contribution in [0, 0.1) is 17.4 Å². The van der Waals surface area contributed by atoms with Gasteiger partial charge in [0.05, 0.1) is 12.1 Å². The molecule has 2 aromatic rings. The van der Waals surface area contributed by atoms with Crippen molar-refractivity contribution in [1.82, 2.24) is 5.32 Å². The standard InChI is InChI=1S/C26H31F2NSi/c1-4-30(5-2,6-3)18-17-26(27,28)25(19-15-16-19)29-24-22-13-9-7-11-20(22)21-12-8-10-14-23(21)24/h7-14,19,24-25,29H,4-6,15-16H2,1-3H3. The van der Waals surface area contributed by atoms with E-state index in [0.717, 1.165) is 53.2 Å². The Bertz CT molecular complexity index is 912. The maximum Gasteiger partial charge on any atom is 0.322 e. The first-order chi connectivity index (χ1) is 14.4. The second-order valence-corrected chi connectivity index (χ2v) is 13.7. The zero-order chi connectivity index (χ0) is 21.4. The lowest BCUT2D eigenvalue weighted by atomic mass is 9.99. The highest BCUT2D eigenvalue weighted by molar-refractivity contribution is 6.87. The number of hydrogen-bond acceptors (Lipinski definition) is 1. The molecule has 0 bridgehead atoms. The Kier molecular flexibility index (Phi) is 5.88. The highest BCUT2D eigenvalue weighted by atomic mass is 28.3. The van der Waals surface area contributed by atoms with Crippen molar-refractivity contribution in [3.05, 3.63) is 59.7 Å². The summed E-state index contributed by atoms with van der Waals surface area (Å²) in [7, 11) is -1.92. The fourth-order valence-electron chi connectivity index (χ4n) is 4.79. The smallest absolute Gasteiger partial charge is 0.297 e. The molecule has 0 aliphatic heterocycles. The molecule has 4 rings (SSSR count). The first-order valence-electron chi connectivity index (χ1n) is 11.3. The summed E-state index contributed by atoms with van der Waals surface area (Å²) in [5.41, 5.74) is 7.61. The third kappa shape index (κ3) is 3.86. The molecule has 1 unspecified atom stereocenters. The van der Waals surface area contributed by atoms with E-state index in [1.807, 2.05) is 24.3 Å². The van der Waals surface area contributed by atoms with Crippen LogP contribution in [-0.2, 0) is 0 Å². The van der Waals surface area contributed by atoms with Crippen LogP contribution in [0.2, 0.25) is 18.1 Å². The van der Waals surface area contributed by atoms with Gasteiger partial charge in [-0.2, -0.15) is 8.78 Å². The lowest BCUT2D eigenvalue weighted by Crippen LogP contribution is -2.47. The summed E-state index contributed by atoms with van der Waals surface area (Å²) in [4.78, 5) is 0. The van der Waals surface area contributed by atoms with Crippen LogP contribution in [-0.4, -0.2) is 20.0 Å². The van der Waals surface area contributed by atoms with Gasteiger partial charge in [-0.05, 0) is 65.1 Å². The third-order valence-corrected chi connectivity index (χ3v) is 11.9. The largest absolute Gasteiger partial charge is 0.322 e. The number of alkyl halides is 2. The minimum absolute atomic E-state index is 0.00447. The van der Waals surface area contributed by atoms with Gasteiger partial charge in [0.15, 0.2) is 0 Å². The monoisotopic (exact) mass is 423 g/mol. The minimum Gasteiger partial charge on any atom is -0.297 e. The van der Waals surface area contributed by atoms with E-state index >= 15 is 8.78 Å². The van der Waals surface area contributed by atoms with Gasteiger partial charge in [-0.15, -0.1) is 5.54 Å². The molecule has 2 aliphatic rings. The molecule has 0 heterocycles. The van der Waals surface area contributed by atoms with Gasteiger partial charge in [0.1, 0.15) is 8.07 Å². The lowest BCUT2D eigenvalue weighted by Gasteiger charge is -2.29. The van der Waals surface area contributed by atoms with Crippen LogP contribution in [0.5, 0.6) is 0 Å². The van der Waals surface area contributed by atoms with Crippen LogP contribution in [0.15, 0.2) is 48.5 Å². The quantitative estimate of drug-likeness (QED) is 0.381. The molecule has 1 fully saturated rings. The average molecular weight is 424 g/mol. The van der Waals surface area contributed by atoms with E-state index in [2.05, 4.69) is 61.8 Å². The molecule has 1 atom stereocenters. The van der Waals surface area contributed by atoms with Crippen molar-refractivity contribution in [1.29, 1.82) is 0 Å². The van der Waals surface area contributed by atoms with Crippen LogP contribution in [0.1, 0.15) is 50.8 Å². The summed E-state index contributed by atoms with van der Waals surface area (Å²) < 4.78 is 31.0. The molecule has 1 saturated carbocycles. The van der Waals surface area contributed by atoms with Crippen molar-refractivity contribution in [3.8, 4) is 22.6 Å². The number of halogens is 2. The predicted molar refractivity (Wildman–Crippen MR) is 123 cm³/mol. The Morgan fingerprint density at radius 1 is 0.933 bits per heavy atom. The molecule has 0 saturated heterocycles. The van der Waals surface area contributed by atoms with E-state index in [1.165, 1.54) is 0 Å². The van der Waals surface area contributed by atoms with Gasteiger partial charge in [-0.3, -0.25) is 5.32 Å². The highest BCUT2D eigenvalue weighted by Crippen LogP contribution is 2.46. The van der Waals surface area contributed by atoms with Crippen molar-refractivity contribution >= 4 is 8.07 Å². The fourth-order valence-corrected chi connectivity index (χ4v) is 7.25. The van der Waals surface area contributed by atoms with E-state index in [4.69, 9.17) is 0 Å². The van der Waals surface area contributed by atoms with E-state index < -0.39 is 20.0 Å². The zero-order valence-corrected chi connectivity index (χ0v) is 19.1. The molecule has 2 aromatic carbocycles. The number of fused-ring (bicyclic) bond motifs is 3. The predicted octanol–water partition coefficient (Wildman–Crippen LogP) is 6.81. The van der Waals surface area contributed by atoms with Crippen LogP contribution >= 0.6 is 0 Å². The molecule has 30 heavy (non-hydrogen) atoms. The molecule has 158 valence electrons. The lowest BCUT2D eigenvalue weighted by molar-refractivity contribution is 0.0113. The van der Waals surface area contributed by atoms with E-state index in [1.54, 1.807) is 0 Å². The maximum absolute atomic E-state index is 15.5. The zero-order valence-electron chi connectivity index (χ0n) is 18.1. The van der Waals surface area contributed by atoms with E-state index in [9.17, 15) is 0 Å². The number of rotatable bonds is 7. The van der Waals surface area contributed by atoms with E-state index in [0.29, 0.717) is 0 Å². The number of hydrogen-bond donors (Lipinski definition) is 1. The summed E-state index contributed by atoms with van der Waals surface area (Å²) in [6.45, 7) is 6.32. The Morgan fingerprint density at radius 2 is 1.43 bits per heavy atom. The summed E-state index contributed by atoms with van der Waals surface area (Å²) in [6, 6.07) is 18.0. The molecular formula is C26H31F2NSi. The van der Waals surface area contributed by atoms with Crippen LogP contribution in [0.3, 0.4) is 0 Å². The molecule has 0 amide bonds. The van der Waals surface area contributed by atoms with Crippen molar-refractivity contribution in [2.45, 2.75) is 69.8 Å². The van der Waals surface area contributed by atoms with Crippen molar-refractivity contribution in [2.75, 3.05) is 0 Å². The summed E-state index contributed by atoms with van der Waals surface area (Å²) in [5, 5.41) is 3.38.